The number of benzene rings is 1. The molecule has 0 aliphatic rings. The number of hydrogen-bond acceptors (Lipinski definition) is 4. The van der Waals surface area contributed by atoms with Gasteiger partial charge in [-0.3, -0.25) is 4.79 Å². The van der Waals surface area contributed by atoms with E-state index in [-0.39, 0.29) is 23.6 Å². The Labute approximate surface area is 130 Å². The molecule has 1 aromatic carbocycles. The predicted molar refractivity (Wildman–Crippen MR) is 83.7 cm³/mol. The van der Waals surface area contributed by atoms with Gasteiger partial charge in [0.15, 0.2) is 0 Å². The molecule has 0 aliphatic heterocycles. The molecule has 1 rings (SSSR count). The highest BCUT2D eigenvalue weighted by Gasteiger charge is 2.23. The van der Waals surface area contributed by atoms with E-state index in [9.17, 15) is 18.0 Å². The van der Waals surface area contributed by atoms with Gasteiger partial charge >= 0.3 is 5.97 Å². The van der Waals surface area contributed by atoms with Gasteiger partial charge in [-0.05, 0) is 25.5 Å². The number of carboxylic acids is 1. The second-order valence-electron chi connectivity index (χ2n) is 5.26. The minimum absolute atomic E-state index is 0.0651. The molecule has 0 saturated carbocycles. The molecule has 0 aromatic heterocycles. The second kappa shape index (κ2) is 7.40. The van der Waals surface area contributed by atoms with E-state index in [1.54, 1.807) is 32.0 Å². The first-order valence-corrected chi connectivity index (χ1v) is 9.00. The van der Waals surface area contributed by atoms with E-state index in [4.69, 9.17) is 5.11 Å². The lowest BCUT2D eigenvalue weighted by Gasteiger charge is -2.27. The normalized spacial score (nSPS) is 12.7. The summed E-state index contributed by atoms with van der Waals surface area (Å²) in [5.74, 6) is -1.49. The third kappa shape index (κ3) is 5.14. The number of sulfone groups is 1. The number of rotatable bonds is 7. The van der Waals surface area contributed by atoms with Crippen LogP contribution >= 0.6 is 0 Å². The number of aromatic carboxylic acids is 1. The second-order valence-corrected chi connectivity index (χ2v) is 7.45. The molecule has 1 N–H and O–H groups in total. The summed E-state index contributed by atoms with van der Waals surface area (Å²) < 4.78 is 22.7. The third-order valence-electron chi connectivity index (χ3n) is 3.33. The smallest absolute Gasteiger partial charge is 0.335 e. The average Bonchev–Trinajstić information content (AvgIpc) is 2.37. The lowest BCUT2D eigenvalue weighted by Crippen LogP contribution is -2.43. The molecular formula is C15H21NO5S. The van der Waals surface area contributed by atoms with Crippen LogP contribution in [-0.4, -0.2) is 54.9 Å². The van der Waals surface area contributed by atoms with Gasteiger partial charge in [-0.2, -0.15) is 0 Å². The topological polar surface area (TPSA) is 91.8 Å². The van der Waals surface area contributed by atoms with Crippen molar-refractivity contribution in [2.24, 2.45) is 0 Å². The van der Waals surface area contributed by atoms with E-state index in [0.717, 1.165) is 6.26 Å². The molecule has 22 heavy (non-hydrogen) atoms. The molecule has 0 spiro atoms. The van der Waals surface area contributed by atoms with Crippen molar-refractivity contribution < 1.29 is 23.1 Å². The van der Waals surface area contributed by atoms with Gasteiger partial charge in [0, 0.05) is 18.8 Å². The Bertz CT molecular complexity index is 654. The van der Waals surface area contributed by atoms with Crippen LogP contribution in [0.3, 0.4) is 0 Å². The number of amides is 1. The Morgan fingerprint density at radius 3 is 2.36 bits per heavy atom. The van der Waals surface area contributed by atoms with E-state index in [1.165, 1.54) is 11.0 Å². The molecule has 1 aromatic rings. The van der Waals surface area contributed by atoms with Gasteiger partial charge in [0.05, 0.1) is 17.7 Å². The summed E-state index contributed by atoms with van der Waals surface area (Å²) in [7, 11) is -3.19. The zero-order chi connectivity index (χ0) is 16.9. The van der Waals surface area contributed by atoms with E-state index in [1.807, 2.05) is 0 Å². The molecule has 1 amide bonds. The molecule has 0 bridgehead atoms. The highest BCUT2D eigenvalue weighted by molar-refractivity contribution is 7.90. The van der Waals surface area contributed by atoms with Crippen molar-refractivity contribution in [1.82, 2.24) is 4.90 Å². The molecule has 0 aliphatic carbocycles. The van der Waals surface area contributed by atoms with Crippen molar-refractivity contribution in [3.63, 3.8) is 0 Å². The third-order valence-corrected chi connectivity index (χ3v) is 4.41. The lowest BCUT2D eigenvalue weighted by atomic mass is 10.0. The number of carbonyl (C=O) groups is 2. The number of carbonyl (C=O) groups excluding carboxylic acids is 1. The minimum atomic E-state index is -3.19. The van der Waals surface area contributed by atoms with Crippen molar-refractivity contribution in [1.29, 1.82) is 0 Å². The maximum absolute atomic E-state index is 12.4. The first kappa shape index (κ1) is 18.2. The maximum atomic E-state index is 12.4. The lowest BCUT2D eigenvalue weighted by molar-refractivity contribution is -0.131. The molecule has 1 atom stereocenters. The number of hydrogen-bond donors (Lipinski definition) is 1. The maximum Gasteiger partial charge on any atom is 0.335 e. The molecule has 1 unspecified atom stereocenters. The van der Waals surface area contributed by atoms with Gasteiger partial charge < -0.3 is 10.0 Å². The number of likely N-dealkylation sites (N-methyl/N-ethyl adjacent to an activating group) is 1. The fourth-order valence-corrected chi connectivity index (χ4v) is 3.47. The summed E-state index contributed by atoms with van der Waals surface area (Å²) in [5, 5.41) is 9.13. The van der Waals surface area contributed by atoms with Crippen LogP contribution in [0.15, 0.2) is 24.3 Å². The summed E-state index contributed by atoms with van der Waals surface area (Å²) in [5.41, 5.74) is 0.507. The van der Waals surface area contributed by atoms with E-state index >= 15 is 0 Å². The molecule has 0 saturated heterocycles. The van der Waals surface area contributed by atoms with Crippen LogP contribution in [-0.2, 0) is 21.1 Å². The number of nitrogens with zero attached hydrogens (tertiary/aromatic N) is 1. The molecule has 0 radical (unpaired) electrons. The molecule has 122 valence electrons. The van der Waals surface area contributed by atoms with E-state index in [0.29, 0.717) is 12.1 Å². The van der Waals surface area contributed by atoms with Gasteiger partial charge in [-0.1, -0.05) is 18.2 Å². The fraction of sp³-hybridized carbons (Fsp3) is 0.467. The monoisotopic (exact) mass is 327 g/mol. The highest BCUT2D eigenvalue weighted by atomic mass is 32.2. The Morgan fingerprint density at radius 1 is 1.27 bits per heavy atom. The number of carboxylic acid groups (broad SMARTS) is 1. The van der Waals surface area contributed by atoms with Crippen molar-refractivity contribution >= 4 is 21.7 Å². The average molecular weight is 327 g/mol. The van der Waals surface area contributed by atoms with Crippen molar-refractivity contribution in [3.8, 4) is 0 Å². The van der Waals surface area contributed by atoms with Crippen LogP contribution in [0.1, 0.15) is 29.8 Å². The Morgan fingerprint density at radius 2 is 1.86 bits per heavy atom. The summed E-state index contributed by atoms with van der Waals surface area (Å²) in [4.78, 5) is 25.0. The van der Waals surface area contributed by atoms with Crippen molar-refractivity contribution in [2.45, 2.75) is 26.3 Å². The van der Waals surface area contributed by atoms with Gasteiger partial charge in [-0.25, -0.2) is 13.2 Å². The van der Waals surface area contributed by atoms with Crippen LogP contribution in [0.2, 0.25) is 0 Å². The highest BCUT2D eigenvalue weighted by Crippen LogP contribution is 2.13. The van der Waals surface area contributed by atoms with Gasteiger partial charge in [-0.15, -0.1) is 0 Å². The van der Waals surface area contributed by atoms with E-state index < -0.39 is 21.8 Å². The van der Waals surface area contributed by atoms with Crippen molar-refractivity contribution in [3.05, 3.63) is 35.4 Å². The summed E-state index contributed by atoms with van der Waals surface area (Å²) in [6.07, 6.45) is 1.06. The van der Waals surface area contributed by atoms with Crippen LogP contribution in [0.25, 0.3) is 0 Å². The predicted octanol–water partition coefficient (Wildman–Crippen LogP) is 1.21. The van der Waals surface area contributed by atoms with E-state index in [2.05, 4.69) is 0 Å². The van der Waals surface area contributed by atoms with Gasteiger partial charge in [0.1, 0.15) is 9.84 Å². The first-order valence-electron chi connectivity index (χ1n) is 6.94. The minimum Gasteiger partial charge on any atom is -0.478 e. The van der Waals surface area contributed by atoms with Crippen molar-refractivity contribution in [2.75, 3.05) is 18.6 Å². The van der Waals surface area contributed by atoms with Crippen LogP contribution in [0.5, 0.6) is 0 Å². The van der Waals surface area contributed by atoms with Crippen LogP contribution < -0.4 is 0 Å². The molecule has 0 fully saturated rings. The summed E-state index contributed by atoms with van der Waals surface area (Å²) in [6, 6.07) is 5.86. The Balaban J connectivity index is 2.93. The SMILES string of the molecule is CCN(C(=O)Cc1ccccc1C(=O)O)C(C)CS(C)(=O)=O. The molecule has 0 heterocycles. The molecule has 6 nitrogen and oxygen atoms in total. The standard InChI is InChI=1S/C15H21NO5S/c1-4-16(11(2)10-22(3,20)21)14(17)9-12-7-5-6-8-13(12)15(18)19/h5-8,11H,4,9-10H2,1-3H3,(H,18,19). The molecule has 7 heteroatoms. The Kier molecular flexibility index (Phi) is 6.11. The largest absolute Gasteiger partial charge is 0.478 e. The quantitative estimate of drug-likeness (QED) is 0.812. The van der Waals surface area contributed by atoms with Crippen LogP contribution in [0.4, 0.5) is 0 Å². The zero-order valence-electron chi connectivity index (χ0n) is 12.9. The van der Waals surface area contributed by atoms with Gasteiger partial charge in [0.25, 0.3) is 0 Å². The summed E-state index contributed by atoms with van der Waals surface area (Å²) >= 11 is 0. The molecular weight excluding hydrogens is 306 g/mol. The van der Waals surface area contributed by atoms with Crippen LogP contribution in [0, 0.1) is 0 Å². The van der Waals surface area contributed by atoms with Gasteiger partial charge in [0.2, 0.25) is 5.91 Å². The first-order chi connectivity index (χ1) is 10.2. The summed E-state index contributed by atoms with van der Waals surface area (Å²) in [6.45, 7) is 3.80. The fourth-order valence-electron chi connectivity index (χ4n) is 2.41. The Hall–Kier alpha value is -1.89. The zero-order valence-corrected chi connectivity index (χ0v) is 13.8.